The smallest absolute Gasteiger partial charge is 0.418 e. The molecule has 106 valence electrons. The molecule has 1 aromatic rings. The summed E-state index contributed by atoms with van der Waals surface area (Å²) in [6, 6.07) is 5.88. The van der Waals surface area contributed by atoms with Gasteiger partial charge in [0.2, 0.25) is 0 Å². The highest BCUT2D eigenvalue weighted by atomic mass is 19.4. The molecule has 1 fully saturated rings. The average Bonchev–Trinajstić information content (AvgIpc) is 3.12. The van der Waals surface area contributed by atoms with Crippen molar-refractivity contribution in [1.82, 2.24) is 0 Å². The van der Waals surface area contributed by atoms with Gasteiger partial charge < -0.3 is 14.2 Å². The summed E-state index contributed by atoms with van der Waals surface area (Å²) in [7, 11) is 0. The second-order valence-corrected chi connectivity index (χ2v) is 4.22. The van der Waals surface area contributed by atoms with Crippen molar-refractivity contribution in [3.05, 3.63) is 29.8 Å². The lowest BCUT2D eigenvalue weighted by Gasteiger charge is -2.21. The third-order valence-electron chi connectivity index (χ3n) is 2.62. The largest absolute Gasteiger partial charge is 0.494 e. The van der Waals surface area contributed by atoms with Crippen molar-refractivity contribution < 1.29 is 27.4 Å². The van der Waals surface area contributed by atoms with Gasteiger partial charge >= 0.3 is 6.18 Å². The maximum atomic E-state index is 13.0. The van der Waals surface area contributed by atoms with Crippen LogP contribution in [0, 0.1) is 0 Å². The maximum absolute atomic E-state index is 13.0. The molecule has 0 amide bonds. The van der Waals surface area contributed by atoms with E-state index in [0.29, 0.717) is 19.0 Å². The van der Waals surface area contributed by atoms with Crippen molar-refractivity contribution in [2.24, 2.45) is 0 Å². The highest BCUT2D eigenvalue weighted by Gasteiger charge is 2.43. The third kappa shape index (κ3) is 4.11. The van der Waals surface area contributed by atoms with Crippen molar-refractivity contribution in [3.8, 4) is 5.75 Å². The van der Waals surface area contributed by atoms with Crippen LogP contribution >= 0.6 is 0 Å². The topological polar surface area (TPSA) is 31.0 Å². The zero-order valence-electron chi connectivity index (χ0n) is 10.4. The molecule has 0 spiro atoms. The van der Waals surface area contributed by atoms with Gasteiger partial charge in [-0.1, -0.05) is 12.1 Å². The van der Waals surface area contributed by atoms with Crippen LogP contribution in [0.4, 0.5) is 13.2 Å². The fourth-order valence-electron chi connectivity index (χ4n) is 1.68. The van der Waals surface area contributed by atoms with E-state index < -0.39 is 12.3 Å². The van der Waals surface area contributed by atoms with Crippen molar-refractivity contribution >= 4 is 0 Å². The Morgan fingerprint density at radius 3 is 2.74 bits per heavy atom. The minimum atomic E-state index is -4.46. The first kappa shape index (κ1) is 14.1. The lowest BCUT2D eigenvalue weighted by atomic mass is 10.1. The molecule has 0 aliphatic carbocycles. The summed E-state index contributed by atoms with van der Waals surface area (Å²) in [6.45, 7) is 2.58. The van der Waals surface area contributed by atoms with Crippen LogP contribution in [0.3, 0.4) is 0 Å². The maximum Gasteiger partial charge on any atom is 0.418 e. The summed E-state index contributed by atoms with van der Waals surface area (Å²) >= 11 is 0. The molecule has 0 bridgehead atoms. The number of ether oxygens (including phenoxy) is 3. The number of alkyl halides is 3. The van der Waals surface area contributed by atoms with Crippen molar-refractivity contribution in [2.75, 3.05) is 19.8 Å². The second-order valence-electron chi connectivity index (χ2n) is 4.22. The third-order valence-corrected chi connectivity index (χ3v) is 2.62. The number of benzene rings is 1. The van der Waals surface area contributed by atoms with Gasteiger partial charge in [-0.15, -0.1) is 0 Å². The van der Waals surface area contributed by atoms with Gasteiger partial charge in [0.1, 0.15) is 11.9 Å². The predicted molar refractivity (Wildman–Crippen MR) is 62.1 cm³/mol. The molecule has 1 aliphatic rings. The Balaban J connectivity index is 2.13. The van der Waals surface area contributed by atoms with Gasteiger partial charge in [0.15, 0.2) is 6.10 Å². The van der Waals surface area contributed by atoms with Crippen LogP contribution in [0.1, 0.15) is 18.6 Å². The van der Waals surface area contributed by atoms with Gasteiger partial charge in [0.05, 0.1) is 19.8 Å². The molecular formula is C13H15F3O3. The summed E-state index contributed by atoms with van der Waals surface area (Å²) in [6.07, 6.45) is -6.61. The number of epoxide rings is 1. The number of rotatable bonds is 6. The highest BCUT2D eigenvalue weighted by molar-refractivity contribution is 5.30. The Labute approximate surface area is 109 Å². The molecule has 0 unspecified atom stereocenters. The van der Waals surface area contributed by atoms with Crippen LogP contribution < -0.4 is 4.74 Å². The molecule has 0 radical (unpaired) electrons. The van der Waals surface area contributed by atoms with Crippen LogP contribution in [0.2, 0.25) is 0 Å². The van der Waals surface area contributed by atoms with E-state index in [2.05, 4.69) is 0 Å². The number of hydrogen-bond donors (Lipinski definition) is 0. The Kier molecular flexibility index (Phi) is 4.31. The summed E-state index contributed by atoms with van der Waals surface area (Å²) in [5.74, 6) is 0.403. The molecule has 1 aliphatic heterocycles. The van der Waals surface area contributed by atoms with Crippen molar-refractivity contribution in [2.45, 2.75) is 25.3 Å². The normalized spacial score (nSPS) is 20.1. The van der Waals surface area contributed by atoms with E-state index in [9.17, 15) is 13.2 Å². The zero-order valence-corrected chi connectivity index (χ0v) is 10.4. The summed E-state index contributed by atoms with van der Waals surface area (Å²) in [5.41, 5.74) is 0.0408. The van der Waals surface area contributed by atoms with Gasteiger partial charge in [-0.2, -0.15) is 13.2 Å². The predicted octanol–water partition coefficient (Wildman–Crippen LogP) is 3.10. The molecule has 2 atom stereocenters. The van der Waals surface area contributed by atoms with E-state index in [0.717, 1.165) is 0 Å². The Morgan fingerprint density at radius 2 is 2.16 bits per heavy atom. The SMILES string of the molecule is CCOc1cccc([C@@H](OC[C@@H]2CO2)C(F)(F)F)c1. The molecule has 1 saturated heterocycles. The van der Waals surface area contributed by atoms with Gasteiger partial charge in [0.25, 0.3) is 0 Å². The molecule has 0 aromatic heterocycles. The lowest BCUT2D eigenvalue weighted by Crippen LogP contribution is -2.25. The lowest BCUT2D eigenvalue weighted by molar-refractivity contribution is -0.224. The number of hydrogen-bond acceptors (Lipinski definition) is 3. The van der Waals surface area contributed by atoms with Crippen LogP contribution in [0.15, 0.2) is 24.3 Å². The summed E-state index contributed by atoms with van der Waals surface area (Å²) < 4.78 is 54.0. The molecule has 0 N–H and O–H groups in total. The van der Waals surface area contributed by atoms with E-state index in [1.54, 1.807) is 13.0 Å². The highest BCUT2D eigenvalue weighted by Crippen LogP contribution is 2.37. The molecule has 3 nitrogen and oxygen atoms in total. The number of halogens is 3. The van der Waals surface area contributed by atoms with Gasteiger partial charge in [-0.25, -0.2) is 0 Å². The molecule has 1 aromatic carbocycles. The van der Waals surface area contributed by atoms with Crippen molar-refractivity contribution in [1.29, 1.82) is 0 Å². The minimum absolute atomic E-state index is 0.0408. The average molecular weight is 276 g/mol. The molecule has 2 rings (SSSR count). The van der Waals surface area contributed by atoms with Crippen LogP contribution in [-0.4, -0.2) is 32.1 Å². The van der Waals surface area contributed by atoms with E-state index >= 15 is 0 Å². The van der Waals surface area contributed by atoms with Gasteiger partial charge in [-0.05, 0) is 24.6 Å². The molecule has 6 heteroatoms. The Hall–Kier alpha value is -1.27. The summed E-state index contributed by atoms with van der Waals surface area (Å²) in [5, 5.41) is 0. The van der Waals surface area contributed by atoms with E-state index in [1.807, 2.05) is 0 Å². The first-order valence-corrected chi connectivity index (χ1v) is 6.03. The summed E-state index contributed by atoms with van der Waals surface area (Å²) in [4.78, 5) is 0. The monoisotopic (exact) mass is 276 g/mol. The molecule has 1 heterocycles. The Morgan fingerprint density at radius 1 is 1.42 bits per heavy atom. The van der Waals surface area contributed by atoms with E-state index in [-0.39, 0.29) is 18.3 Å². The van der Waals surface area contributed by atoms with Crippen LogP contribution in [-0.2, 0) is 9.47 Å². The first-order valence-electron chi connectivity index (χ1n) is 6.03. The van der Waals surface area contributed by atoms with E-state index in [1.165, 1.54) is 18.2 Å². The fraction of sp³-hybridized carbons (Fsp3) is 0.538. The van der Waals surface area contributed by atoms with Crippen LogP contribution in [0.5, 0.6) is 5.75 Å². The van der Waals surface area contributed by atoms with Gasteiger partial charge in [-0.3, -0.25) is 0 Å². The van der Waals surface area contributed by atoms with E-state index in [4.69, 9.17) is 14.2 Å². The quantitative estimate of drug-likeness (QED) is 0.748. The fourth-order valence-corrected chi connectivity index (χ4v) is 1.68. The molecule has 0 saturated carbocycles. The second kappa shape index (κ2) is 5.79. The Bertz CT molecular complexity index is 416. The molecule has 19 heavy (non-hydrogen) atoms. The minimum Gasteiger partial charge on any atom is -0.494 e. The van der Waals surface area contributed by atoms with Crippen molar-refractivity contribution in [3.63, 3.8) is 0 Å². The van der Waals surface area contributed by atoms with Crippen LogP contribution in [0.25, 0.3) is 0 Å². The molecular weight excluding hydrogens is 261 g/mol. The van der Waals surface area contributed by atoms with Gasteiger partial charge in [0, 0.05) is 0 Å². The first-order chi connectivity index (χ1) is 9.00. The zero-order chi connectivity index (χ0) is 13.9. The standard InChI is InChI=1S/C13H15F3O3/c1-2-17-10-5-3-4-9(6-10)12(13(14,15)16)19-8-11-7-18-11/h3-6,11-12H,2,7-8H2,1H3/t11-,12+/m0/s1.